The Labute approximate surface area is 103 Å². The number of nitrogens with two attached hydrogens (primary N) is 1. The van der Waals surface area contributed by atoms with Crippen LogP contribution in [0.25, 0.3) is 0 Å². The molecule has 1 rings (SSSR count). The van der Waals surface area contributed by atoms with Crippen LogP contribution in [0, 0.1) is 0 Å². The van der Waals surface area contributed by atoms with E-state index in [1.54, 1.807) is 7.11 Å². The van der Waals surface area contributed by atoms with E-state index in [0.29, 0.717) is 13.2 Å². The van der Waals surface area contributed by atoms with Gasteiger partial charge in [-0.1, -0.05) is 12.1 Å². The van der Waals surface area contributed by atoms with Crippen LogP contribution in [0.1, 0.15) is 25.5 Å². The van der Waals surface area contributed by atoms with Crippen LogP contribution in [0.2, 0.25) is 0 Å². The second-order valence-corrected chi connectivity index (χ2v) is 3.58. The Hall–Kier alpha value is -1.10. The van der Waals surface area contributed by atoms with Gasteiger partial charge in [-0.3, -0.25) is 0 Å². The summed E-state index contributed by atoms with van der Waals surface area (Å²) in [5.74, 6) is 0.782. The van der Waals surface area contributed by atoms with Crippen molar-refractivity contribution < 1.29 is 14.2 Å². The van der Waals surface area contributed by atoms with Gasteiger partial charge in [0.1, 0.15) is 5.75 Å². The molecule has 0 heterocycles. The molecule has 0 radical (unpaired) electrons. The van der Waals surface area contributed by atoms with Crippen molar-refractivity contribution in [1.29, 1.82) is 0 Å². The van der Waals surface area contributed by atoms with Gasteiger partial charge in [0, 0.05) is 13.2 Å². The SMILES string of the molecule is CCOC(OCC)[C@@H](N)c1cccc(OC)c1. The van der Waals surface area contributed by atoms with E-state index < -0.39 is 6.29 Å². The third kappa shape index (κ3) is 4.00. The van der Waals surface area contributed by atoms with Crippen LogP contribution in [0.5, 0.6) is 5.75 Å². The van der Waals surface area contributed by atoms with Gasteiger partial charge in [-0.15, -0.1) is 0 Å². The quantitative estimate of drug-likeness (QED) is 0.740. The molecule has 1 aromatic rings. The summed E-state index contributed by atoms with van der Waals surface area (Å²) < 4.78 is 16.1. The first-order valence-electron chi connectivity index (χ1n) is 5.85. The minimum Gasteiger partial charge on any atom is -0.497 e. The van der Waals surface area contributed by atoms with Gasteiger partial charge in [-0.25, -0.2) is 0 Å². The average Bonchev–Trinajstić information content (AvgIpc) is 2.38. The molecule has 0 aromatic heterocycles. The molecular formula is C13H21NO3. The van der Waals surface area contributed by atoms with E-state index in [2.05, 4.69) is 0 Å². The lowest BCUT2D eigenvalue weighted by molar-refractivity contribution is -0.149. The third-order valence-corrected chi connectivity index (χ3v) is 2.43. The van der Waals surface area contributed by atoms with Crippen molar-refractivity contribution in [2.45, 2.75) is 26.2 Å². The fourth-order valence-electron chi connectivity index (χ4n) is 1.59. The van der Waals surface area contributed by atoms with Gasteiger partial charge in [0.15, 0.2) is 6.29 Å². The predicted molar refractivity (Wildman–Crippen MR) is 67.0 cm³/mol. The molecule has 0 amide bonds. The molecule has 4 heteroatoms. The molecule has 0 aliphatic carbocycles. The summed E-state index contributed by atoms with van der Waals surface area (Å²) in [6, 6.07) is 7.31. The fraction of sp³-hybridized carbons (Fsp3) is 0.538. The molecular weight excluding hydrogens is 218 g/mol. The fourth-order valence-corrected chi connectivity index (χ4v) is 1.59. The van der Waals surface area contributed by atoms with Crippen molar-refractivity contribution in [3.8, 4) is 5.75 Å². The Bertz CT molecular complexity index is 324. The van der Waals surface area contributed by atoms with E-state index in [9.17, 15) is 0 Å². The first-order valence-corrected chi connectivity index (χ1v) is 5.85. The second kappa shape index (κ2) is 7.27. The summed E-state index contributed by atoms with van der Waals surface area (Å²) >= 11 is 0. The maximum Gasteiger partial charge on any atom is 0.176 e. The molecule has 0 fully saturated rings. The maximum absolute atomic E-state index is 6.13. The lowest BCUT2D eigenvalue weighted by atomic mass is 10.1. The van der Waals surface area contributed by atoms with Crippen molar-refractivity contribution in [3.63, 3.8) is 0 Å². The number of rotatable bonds is 7. The number of ether oxygens (including phenoxy) is 3. The Morgan fingerprint density at radius 2 is 1.82 bits per heavy atom. The van der Waals surface area contributed by atoms with Gasteiger partial charge in [-0.05, 0) is 31.5 Å². The molecule has 0 bridgehead atoms. The smallest absolute Gasteiger partial charge is 0.176 e. The van der Waals surface area contributed by atoms with Gasteiger partial charge in [0.25, 0.3) is 0 Å². The van der Waals surface area contributed by atoms with E-state index in [1.807, 2.05) is 38.1 Å². The van der Waals surface area contributed by atoms with Crippen molar-refractivity contribution in [2.75, 3.05) is 20.3 Å². The van der Waals surface area contributed by atoms with Crippen LogP contribution in [0.15, 0.2) is 24.3 Å². The van der Waals surface area contributed by atoms with Gasteiger partial charge >= 0.3 is 0 Å². The highest BCUT2D eigenvalue weighted by atomic mass is 16.7. The van der Waals surface area contributed by atoms with Crippen LogP contribution < -0.4 is 10.5 Å². The highest BCUT2D eigenvalue weighted by molar-refractivity contribution is 5.30. The van der Waals surface area contributed by atoms with Crippen LogP contribution in [0.3, 0.4) is 0 Å². The zero-order valence-corrected chi connectivity index (χ0v) is 10.7. The van der Waals surface area contributed by atoms with Gasteiger partial charge in [0.05, 0.1) is 13.2 Å². The van der Waals surface area contributed by atoms with Crippen molar-refractivity contribution in [1.82, 2.24) is 0 Å². The summed E-state index contributed by atoms with van der Waals surface area (Å²) in [6.07, 6.45) is -0.419. The zero-order chi connectivity index (χ0) is 12.7. The second-order valence-electron chi connectivity index (χ2n) is 3.58. The topological polar surface area (TPSA) is 53.7 Å². The largest absolute Gasteiger partial charge is 0.497 e. The van der Waals surface area contributed by atoms with Gasteiger partial charge in [-0.2, -0.15) is 0 Å². The average molecular weight is 239 g/mol. The van der Waals surface area contributed by atoms with E-state index in [0.717, 1.165) is 11.3 Å². The molecule has 1 aromatic carbocycles. The van der Waals surface area contributed by atoms with Crippen molar-refractivity contribution in [2.24, 2.45) is 5.73 Å². The Kier molecular flexibility index (Phi) is 5.97. The summed E-state index contributed by atoms with van der Waals surface area (Å²) in [6.45, 7) is 4.99. The third-order valence-electron chi connectivity index (χ3n) is 2.43. The molecule has 4 nitrogen and oxygen atoms in total. The molecule has 0 spiro atoms. The summed E-state index contributed by atoms with van der Waals surface area (Å²) in [5, 5.41) is 0. The van der Waals surface area contributed by atoms with Crippen LogP contribution >= 0.6 is 0 Å². The van der Waals surface area contributed by atoms with E-state index in [4.69, 9.17) is 19.9 Å². The highest BCUT2D eigenvalue weighted by Crippen LogP contribution is 2.22. The maximum atomic E-state index is 6.13. The first-order chi connectivity index (χ1) is 8.22. The summed E-state index contributed by atoms with van der Waals surface area (Å²) in [5.41, 5.74) is 7.07. The number of methoxy groups -OCH3 is 1. The summed E-state index contributed by atoms with van der Waals surface area (Å²) in [7, 11) is 1.63. The van der Waals surface area contributed by atoms with Crippen molar-refractivity contribution in [3.05, 3.63) is 29.8 Å². The highest BCUT2D eigenvalue weighted by Gasteiger charge is 2.20. The number of hydrogen-bond acceptors (Lipinski definition) is 4. The minimum atomic E-state index is -0.419. The van der Waals surface area contributed by atoms with Gasteiger partial charge < -0.3 is 19.9 Å². The molecule has 2 N–H and O–H groups in total. The summed E-state index contributed by atoms with van der Waals surface area (Å²) in [4.78, 5) is 0. The lowest BCUT2D eigenvalue weighted by Crippen LogP contribution is -2.31. The van der Waals surface area contributed by atoms with Crippen molar-refractivity contribution >= 4 is 0 Å². The number of benzene rings is 1. The zero-order valence-electron chi connectivity index (χ0n) is 10.7. The molecule has 0 aliphatic rings. The normalized spacial score (nSPS) is 12.8. The molecule has 0 saturated carbocycles. The molecule has 0 saturated heterocycles. The van der Waals surface area contributed by atoms with Crippen LogP contribution in [-0.2, 0) is 9.47 Å². The van der Waals surface area contributed by atoms with Gasteiger partial charge in [0.2, 0.25) is 0 Å². The Morgan fingerprint density at radius 3 is 2.35 bits per heavy atom. The number of hydrogen-bond donors (Lipinski definition) is 1. The predicted octanol–water partition coefficient (Wildman–Crippen LogP) is 2.09. The standard InChI is InChI=1S/C13H21NO3/c1-4-16-13(17-5-2)12(14)10-7-6-8-11(9-10)15-3/h6-9,12-13H,4-5,14H2,1-3H3/t12-/m0/s1. The molecule has 0 aliphatic heterocycles. The van der Waals surface area contributed by atoms with Crippen LogP contribution in [-0.4, -0.2) is 26.6 Å². The molecule has 96 valence electrons. The Balaban J connectivity index is 2.79. The lowest BCUT2D eigenvalue weighted by Gasteiger charge is -2.24. The molecule has 0 unspecified atom stereocenters. The molecule has 1 atom stereocenters. The Morgan fingerprint density at radius 1 is 1.18 bits per heavy atom. The minimum absolute atomic E-state index is 0.315. The van der Waals surface area contributed by atoms with E-state index in [-0.39, 0.29) is 6.04 Å². The van der Waals surface area contributed by atoms with E-state index in [1.165, 1.54) is 0 Å². The first kappa shape index (κ1) is 14.0. The monoisotopic (exact) mass is 239 g/mol. The van der Waals surface area contributed by atoms with E-state index >= 15 is 0 Å². The molecule has 17 heavy (non-hydrogen) atoms. The van der Waals surface area contributed by atoms with Crippen LogP contribution in [0.4, 0.5) is 0 Å².